The second-order valence-electron chi connectivity index (χ2n) is 8.50. The number of hydrogen-bond donors (Lipinski definition) is 1. The van der Waals surface area contributed by atoms with Gasteiger partial charge in [-0.2, -0.15) is 5.10 Å². The van der Waals surface area contributed by atoms with E-state index in [9.17, 15) is 14.0 Å². The van der Waals surface area contributed by atoms with Crippen LogP contribution < -0.4 is 5.32 Å². The van der Waals surface area contributed by atoms with Crippen LogP contribution in [0, 0.1) is 19.7 Å². The summed E-state index contributed by atoms with van der Waals surface area (Å²) in [5.74, 6) is -0.932. The number of carbonyl (C=O) groups is 2. The van der Waals surface area contributed by atoms with E-state index >= 15 is 0 Å². The van der Waals surface area contributed by atoms with Gasteiger partial charge in [-0.3, -0.25) is 9.59 Å². The van der Waals surface area contributed by atoms with Gasteiger partial charge in [0.1, 0.15) is 17.1 Å². The van der Waals surface area contributed by atoms with Gasteiger partial charge in [-0.25, -0.2) is 9.07 Å². The van der Waals surface area contributed by atoms with Crippen molar-refractivity contribution in [2.24, 2.45) is 0 Å². The van der Waals surface area contributed by atoms with Crippen molar-refractivity contribution < 1.29 is 23.1 Å². The fourth-order valence-corrected chi connectivity index (χ4v) is 4.28. The molecule has 1 saturated heterocycles. The zero-order chi connectivity index (χ0) is 25.2. The average Bonchev–Trinajstić information content (AvgIpc) is 3.40. The molecule has 3 heterocycles. The summed E-state index contributed by atoms with van der Waals surface area (Å²) in [4.78, 5) is 27.8. The predicted octanol–water partition coefficient (Wildman–Crippen LogP) is 4.50. The molecule has 1 aliphatic rings. The minimum absolute atomic E-state index is 0.0938. The van der Waals surface area contributed by atoms with Crippen LogP contribution in [0.1, 0.15) is 27.5 Å². The first-order valence-corrected chi connectivity index (χ1v) is 11.6. The molecule has 0 unspecified atom stereocenters. The van der Waals surface area contributed by atoms with Crippen LogP contribution in [0.15, 0.2) is 59.0 Å². The molecule has 0 atom stereocenters. The monoisotopic (exact) mass is 488 g/mol. The molecule has 1 fully saturated rings. The number of carbonyl (C=O) groups excluding carboxylic acids is 2. The first-order valence-electron chi connectivity index (χ1n) is 11.6. The van der Waals surface area contributed by atoms with Gasteiger partial charge in [0, 0.05) is 35.8 Å². The highest BCUT2D eigenvalue weighted by molar-refractivity contribution is 6.13. The van der Waals surface area contributed by atoms with Gasteiger partial charge >= 0.3 is 0 Å². The lowest BCUT2D eigenvalue weighted by Gasteiger charge is -2.26. The van der Waals surface area contributed by atoms with Gasteiger partial charge in [0.05, 0.1) is 24.6 Å². The average molecular weight is 489 g/mol. The summed E-state index contributed by atoms with van der Waals surface area (Å²) in [5, 5.41) is 8.02. The Hall–Kier alpha value is -4.24. The Morgan fingerprint density at radius 2 is 1.78 bits per heavy atom. The topological polar surface area (TPSA) is 89.6 Å². The molecule has 36 heavy (non-hydrogen) atoms. The normalized spacial score (nSPS) is 14.0. The number of ether oxygens (including phenoxy) is 1. The van der Waals surface area contributed by atoms with Crippen molar-refractivity contribution in [1.82, 2.24) is 14.7 Å². The molecule has 0 bridgehead atoms. The molecule has 2 amide bonds. The fourth-order valence-electron chi connectivity index (χ4n) is 4.28. The molecule has 0 spiro atoms. The number of halogens is 1. The van der Waals surface area contributed by atoms with Crippen LogP contribution >= 0.6 is 0 Å². The van der Waals surface area contributed by atoms with Gasteiger partial charge < -0.3 is 19.4 Å². The first-order chi connectivity index (χ1) is 17.4. The minimum Gasteiger partial charge on any atom is -0.449 e. The Morgan fingerprint density at radius 1 is 1.06 bits per heavy atom. The maximum absolute atomic E-state index is 13.3. The molecule has 5 rings (SSSR count). The lowest BCUT2D eigenvalue weighted by atomic mass is 10.1. The lowest BCUT2D eigenvalue weighted by Crippen LogP contribution is -2.40. The number of rotatable bonds is 5. The Balaban J connectivity index is 1.41. The minimum atomic E-state index is -0.411. The molecule has 1 N–H and O–H groups in total. The van der Waals surface area contributed by atoms with E-state index in [2.05, 4.69) is 10.4 Å². The number of hydrogen-bond acceptors (Lipinski definition) is 5. The highest BCUT2D eigenvalue weighted by Crippen LogP contribution is 2.32. The molecule has 0 aliphatic carbocycles. The number of benzene rings is 2. The number of aromatic nitrogens is 2. The number of morpholine rings is 1. The van der Waals surface area contributed by atoms with E-state index in [0.717, 1.165) is 22.6 Å². The van der Waals surface area contributed by atoms with Gasteiger partial charge in [0.15, 0.2) is 0 Å². The van der Waals surface area contributed by atoms with Crippen LogP contribution in [0.4, 0.5) is 10.1 Å². The van der Waals surface area contributed by atoms with Gasteiger partial charge in [-0.05, 0) is 56.3 Å². The Morgan fingerprint density at radius 3 is 2.53 bits per heavy atom. The Kier molecular flexibility index (Phi) is 6.39. The molecule has 2 aromatic heterocycles. The van der Waals surface area contributed by atoms with Crippen LogP contribution in [-0.2, 0) is 9.53 Å². The van der Waals surface area contributed by atoms with Crippen LogP contribution in [0.25, 0.3) is 22.7 Å². The summed E-state index contributed by atoms with van der Waals surface area (Å²) in [7, 11) is 0. The maximum atomic E-state index is 13.3. The zero-order valence-electron chi connectivity index (χ0n) is 20.0. The third kappa shape index (κ3) is 4.52. The highest BCUT2D eigenvalue weighted by atomic mass is 19.1. The molecular weight excluding hydrogens is 463 g/mol. The molecule has 1 aliphatic heterocycles. The zero-order valence-corrected chi connectivity index (χ0v) is 20.0. The first kappa shape index (κ1) is 23.5. The largest absolute Gasteiger partial charge is 0.449 e. The quantitative estimate of drug-likeness (QED) is 0.418. The number of anilines is 1. The summed E-state index contributed by atoms with van der Waals surface area (Å²) in [6, 6.07) is 13.2. The van der Waals surface area contributed by atoms with Crippen LogP contribution in [0.3, 0.4) is 0 Å². The fraction of sp³-hybridized carbons (Fsp3) is 0.222. The van der Waals surface area contributed by atoms with E-state index in [1.165, 1.54) is 18.2 Å². The molecule has 0 radical (unpaired) electrons. The molecule has 184 valence electrons. The number of furan rings is 1. The van der Waals surface area contributed by atoms with E-state index in [0.29, 0.717) is 43.0 Å². The van der Waals surface area contributed by atoms with Gasteiger partial charge in [-0.15, -0.1) is 0 Å². The molecule has 8 nitrogen and oxygen atoms in total. The van der Waals surface area contributed by atoms with Gasteiger partial charge in [0.2, 0.25) is 11.7 Å². The Labute approximate surface area is 206 Å². The van der Waals surface area contributed by atoms with Crippen molar-refractivity contribution in [3.05, 3.63) is 83.1 Å². The Bertz CT molecular complexity index is 1460. The third-order valence-electron chi connectivity index (χ3n) is 6.16. The number of nitrogens with one attached hydrogen (secondary N) is 1. The van der Waals surface area contributed by atoms with Crippen molar-refractivity contribution in [3.8, 4) is 5.69 Å². The standard InChI is InChI=1S/C27H25FN4O4/c1-17-21(18(2)32(30-17)20-9-7-19(28)8-10-20)11-12-24(33)29-25-22-5-3-4-6-23(22)36-26(25)27(34)31-13-15-35-16-14-31/h3-12H,13-16H2,1-2H3,(H,29,33)/b12-11+. The van der Waals surface area contributed by atoms with E-state index in [4.69, 9.17) is 9.15 Å². The molecule has 9 heteroatoms. The van der Waals surface area contributed by atoms with Crippen molar-refractivity contribution in [2.75, 3.05) is 31.6 Å². The second-order valence-corrected chi connectivity index (χ2v) is 8.50. The molecule has 2 aromatic carbocycles. The second kappa shape index (κ2) is 9.79. The van der Waals surface area contributed by atoms with Crippen molar-refractivity contribution >= 4 is 34.5 Å². The van der Waals surface area contributed by atoms with Crippen LogP contribution in [0.2, 0.25) is 0 Å². The predicted molar refractivity (Wildman–Crippen MR) is 134 cm³/mol. The number of para-hydroxylation sites is 1. The van der Waals surface area contributed by atoms with E-state index in [1.54, 1.807) is 39.9 Å². The maximum Gasteiger partial charge on any atom is 0.291 e. The van der Waals surface area contributed by atoms with Crippen LogP contribution in [-0.4, -0.2) is 52.8 Å². The number of amides is 2. The summed E-state index contributed by atoms with van der Waals surface area (Å²) in [5.41, 5.74) is 3.87. The molecular formula is C27H25FN4O4. The van der Waals surface area contributed by atoms with Crippen molar-refractivity contribution in [3.63, 3.8) is 0 Å². The summed E-state index contributed by atoms with van der Waals surface area (Å²) >= 11 is 0. The highest BCUT2D eigenvalue weighted by Gasteiger charge is 2.27. The SMILES string of the molecule is Cc1nn(-c2ccc(F)cc2)c(C)c1/C=C/C(=O)Nc1c(C(=O)N2CCOCC2)oc2ccccc12. The van der Waals surface area contributed by atoms with E-state index in [-0.39, 0.29) is 17.5 Å². The van der Waals surface area contributed by atoms with Crippen molar-refractivity contribution in [2.45, 2.75) is 13.8 Å². The summed E-state index contributed by atoms with van der Waals surface area (Å²) < 4.78 is 26.2. The van der Waals surface area contributed by atoms with Gasteiger partial charge in [0.25, 0.3) is 5.91 Å². The summed E-state index contributed by atoms with van der Waals surface area (Å²) in [6.45, 7) is 5.55. The number of aryl methyl sites for hydroxylation is 1. The third-order valence-corrected chi connectivity index (χ3v) is 6.16. The smallest absolute Gasteiger partial charge is 0.291 e. The van der Waals surface area contributed by atoms with Crippen LogP contribution in [0.5, 0.6) is 0 Å². The molecule has 0 saturated carbocycles. The van der Waals surface area contributed by atoms with E-state index in [1.807, 2.05) is 26.0 Å². The van der Waals surface area contributed by atoms with Crippen molar-refractivity contribution in [1.29, 1.82) is 0 Å². The lowest BCUT2D eigenvalue weighted by molar-refractivity contribution is -0.111. The van der Waals surface area contributed by atoms with E-state index < -0.39 is 5.91 Å². The number of fused-ring (bicyclic) bond motifs is 1. The summed E-state index contributed by atoms with van der Waals surface area (Å²) in [6.07, 6.45) is 3.08. The molecule has 4 aromatic rings. The number of nitrogens with zero attached hydrogens (tertiary/aromatic N) is 3. The van der Waals surface area contributed by atoms with Gasteiger partial charge in [-0.1, -0.05) is 12.1 Å².